The van der Waals surface area contributed by atoms with Gasteiger partial charge in [-0.05, 0) is 29.8 Å². The average Bonchev–Trinajstić information content (AvgIpc) is 3.02. The summed E-state index contributed by atoms with van der Waals surface area (Å²) < 4.78 is 27.2. The molecule has 0 amide bonds. The van der Waals surface area contributed by atoms with E-state index in [-0.39, 0.29) is 10.0 Å². The first-order chi connectivity index (χ1) is 11.5. The largest absolute Gasteiger partial charge is 0.365 e. The number of halogens is 1. The zero-order valence-electron chi connectivity index (χ0n) is 12.3. The predicted molar refractivity (Wildman–Crippen MR) is 95.9 cm³/mol. The SMILES string of the molecule is O=S(=O)(Nc1ccc(NCc2ccccc2)nn1)c1ccc(Cl)s1. The van der Waals surface area contributed by atoms with Crippen molar-refractivity contribution in [1.82, 2.24) is 10.2 Å². The van der Waals surface area contributed by atoms with Crippen LogP contribution in [-0.4, -0.2) is 18.6 Å². The number of benzene rings is 1. The van der Waals surface area contributed by atoms with E-state index in [1.165, 1.54) is 12.1 Å². The molecular formula is C15H13ClN4O2S2. The van der Waals surface area contributed by atoms with Gasteiger partial charge in [0.25, 0.3) is 10.0 Å². The Morgan fingerprint density at radius 3 is 2.29 bits per heavy atom. The van der Waals surface area contributed by atoms with E-state index in [9.17, 15) is 8.42 Å². The molecule has 3 aromatic rings. The molecule has 0 aliphatic carbocycles. The third-order valence-corrected chi connectivity index (χ3v) is 6.11. The van der Waals surface area contributed by atoms with Crippen molar-refractivity contribution in [1.29, 1.82) is 0 Å². The van der Waals surface area contributed by atoms with Crippen LogP contribution in [0.25, 0.3) is 0 Å². The van der Waals surface area contributed by atoms with Crippen molar-refractivity contribution >= 4 is 44.6 Å². The van der Waals surface area contributed by atoms with Gasteiger partial charge < -0.3 is 5.32 Å². The highest BCUT2D eigenvalue weighted by Gasteiger charge is 2.17. The first-order valence-electron chi connectivity index (χ1n) is 6.93. The van der Waals surface area contributed by atoms with Crippen LogP contribution in [0.15, 0.2) is 58.8 Å². The highest BCUT2D eigenvalue weighted by molar-refractivity contribution is 7.94. The Kier molecular flexibility index (Phi) is 4.98. The van der Waals surface area contributed by atoms with Crippen molar-refractivity contribution in [3.63, 3.8) is 0 Å². The van der Waals surface area contributed by atoms with Crippen LogP contribution in [0, 0.1) is 0 Å². The smallest absolute Gasteiger partial charge is 0.272 e. The topological polar surface area (TPSA) is 84.0 Å². The summed E-state index contributed by atoms with van der Waals surface area (Å²) in [4.78, 5) is 0. The summed E-state index contributed by atoms with van der Waals surface area (Å²) in [5, 5.41) is 11.0. The number of anilines is 2. The molecule has 124 valence electrons. The van der Waals surface area contributed by atoms with Gasteiger partial charge in [-0.2, -0.15) is 0 Å². The number of nitrogens with one attached hydrogen (secondary N) is 2. The molecule has 0 spiro atoms. The molecule has 0 radical (unpaired) electrons. The first kappa shape index (κ1) is 16.7. The molecule has 2 heterocycles. The second-order valence-corrected chi connectivity index (χ2v) is 8.43. The standard InChI is InChI=1S/C15H13ClN4O2S2/c16-12-6-9-15(23-12)24(21,22)20-14-8-7-13(18-19-14)17-10-11-4-2-1-3-5-11/h1-9H,10H2,(H,17,18)(H,19,20). The lowest BCUT2D eigenvalue weighted by molar-refractivity contribution is 0.603. The van der Waals surface area contributed by atoms with Gasteiger partial charge in [0.2, 0.25) is 0 Å². The summed E-state index contributed by atoms with van der Waals surface area (Å²) in [7, 11) is -3.70. The van der Waals surface area contributed by atoms with Crippen LogP contribution in [0.1, 0.15) is 5.56 Å². The van der Waals surface area contributed by atoms with Gasteiger partial charge >= 0.3 is 0 Å². The van der Waals surface area contributed by atoms with Gasteiger partial charge in [-0.3, -0.25) is 4.72 Å². The lowest BCUT2D eigenvalue weighted by Gasteiger charge is -2.07. The number of hydrogen-bond acceptors (Lipinski definition) is 6. The molecule has 9 heteroatoms. The van der Waals surface area contributed by atoms with E-state index in [1.54, 1.807) is 12.1 Å². The molecule has 0 aliphatic rings. The summed E-state index contributed by atoms with van der Waals surface area (Å²) >= 11 is 6.74. The molecule has 0 saturated carbocycles. The van der Waals surface area contributed by atoms with Crippen LogP contribution in [-0.2, 0) is 16.6 Å². The molecule has 0 aliphatic heterocycles. The normalized spacial score (nSPS) is 11.2. The summed E-state index contributed by atoms with van der Waals surface area (Å²) in [5.41, 5.74) is 1.11. The molecule has 6 nitrogen and oxygen atoms in total. The van der Waals surface area contributed by atoms with E-state index in [1.807, 2.05) is 30.3 Å². The lowest BCUT2D eigenvalue weighted by Crippen LogP contribution is -2.13. The van der Waals surface area contributed by atoms with E-state index >= 15 is 0 Å². The number of aromatic nitrogens is 2. The van der Waals surface area contributed by atoms with Crippen LogP contribution in [0.3, 0.4) is 0 Å². The van der Waals surface area contributed by atoms with Crippen molar-refractivity contribution in [3.05, 3.63) is 64.5 Å². The fourth-order valence-electron chi connectivity index (χ4n) is 1.90. The van der Waals surface area contributed by atoms with E-state index in [0.717, 1.165) is 16.9 Å². The predicted octanol–water partition coefficient (Wildman–Crippen LogP) is 3.60. The monoisotopic (exact) mass is 380 g/mol. The second kappa shape index (κ2) is 7.16. The molecule has 1 aromatic carbocycles. The van der Waals surface area contributed by atoms with Crippen LogP contribution in [0.4, 0.5) is 11.6 Å². The molecule has 3 rings (SSSR count). The lowest BCUT2D eigenvalue weighted by atomic mass is 10.2. The maximum atomic E-state index is 12.2. The highest BCUT2D eigenvalue weighted by atomic mass is 35.5. The van der Waals surface area contributed by atoms with Gasteiger partial charge in [-0.25, -0.2) is 8.42 Å². The van der Waals surface area contributed by atoms with Crippen LogP contribution in [0.5, 0.6) is 0 Å². The Morgan fingerprint density at radius 1 is 0.958 bits per heavy atom. The Bertz CT molecular complexity index is 912. The fourth-order valence-corrected chi connectivity index (χ4v) is 4.38. The molecule has 0 fully saturated rings. The minimum atomic E-state index is -3.70. The van der Waals surface area contributed by atoms with Crippen molar-refractivity contribution < 1.29 is 8.42 Å². The van der Waals surface area contributed by atoms with E-state index < -0.39 is 10.0 Å². The van der Waals surface area contributed by atoms with Gasteiger partial charge in [0.05, 0.1) is 4.34 Å². The maximum absolute atomic E-state index is 12.2. The minimum Gasteiger partial charge on any atom is -0.365 e. The molecule has 0 bridgehead atoms. The Morgan fingerprint density at radius 2 is 1.67 bits per heavy atom. The van der Waals surface area contributed by atoms with E-state index in [2.05, 4.69) is 20.2 Å². The third-order valence-electron chi connectivity index (χ3n) is 3.03. The summed E-state index contributed by atoms with van der Waals surface area (Å²) in [5.74, 6) is 0.700. The van der Waals surface area contributed by atoms with Crippen molar-refractivity contribution in [2.24, 2.45) is 0 Å². The quantitative estimate of drug-likeness (QED) is 0.682. The second-order valence-electron chi connectivity index (χ2n) is 4.81. The number of hydrogen-bond donors (Lipinski definition) is 2. The first-order valence-corrected chi connectivity index (χ1v) is 9.60. The van der Waals surface area contributed by atoms with Crippen molar-refractivity contribution in [2.75, 3.05) is 10.0 Å². The summed E-state index contributed by atoms with van der Waals surface area (Å²) in [6.45, 7) is 0.605. The van der Waals surface area contributed by atoms with Crippen molar-refractivity contribution in [3.8, 4) is 0 Å². The van der Waals surface area contributed by atoms with Gasteiger partial charge in [0, 0.05) is 6.54 Å². The summed E-state index contributed by atoms with van der Waals surface area (Å²) in [6.07, 6.45) is 0. The number of nitrogens with zero attached hydrogens (tertiary/aromatic N) is 2. The minimum absolute atomic E-state index is 0.126. The molecule has 24 heavy (non-hydrogen) atoms. The molecule has 2 N–H and O–H groups in total. The van der Waals surface area contributed by atoms with E-state index in [0.29, 0.717) is 16.7 Å². The average molecular weight is 381 g/mol. The fraction of sp³-hybridized carbons (Fsp3) is 0.0667. The van der Waals surface area contributed by atoms with Gasteiger partial charge in [-0.15, -0.1) is 21.5 Å². The zero-order chi connectivity index (χ0) is 17.0. The van der Waals surface area contributed by atoms with Crippen LogP contribution in [0.2, 0.25) is 4.34 Å². The molecule has 0 saturated heterocycles. The van der Waals surface area contributed by atoms with Crippen LogP contribution >= 0.6 is 22.9 Å². The number of thiophene rings is 1. The van der Waals surface area contributed by atoms with Crippen LogP contribution < -0.4 is 10.0 Å². The number of sulfonamides is 1. The molecule has 0 atom stereocenters. The Balaban J connectivity index is 1.64. The van der Waals surface area contributed by atoms with Gasteiger partial charge in [0.1, 0.15) is 10.0 Å². The number of rotatable bonds is 6. The highest BCUT2D eigenvalue weighted by Crippen LogP contribution is 2.26. The third kappa shape index (κ3) is 4.22. The van der Waals surface area contributed by atoms with Crippen molar-refractivity contribution in [2.45, 2.75) is 10.8 Å². The maximum Gasteiger partial charge on any atom is 0.272 e. The van der Waals surface area contributed by atoms with Gasteiger partial charge in [-0.1, -0.05) is 41.9 Å². The Labute approximate surface area is 148 Å². The summed E-state index contributed by atoms with van der Waals surface area (Å²) in [6, 6.07) is 16.0. The molecule has 2 aromatic heterocycles. The van der Waals surface area contributed by atoms with Gasteiger partial charge in [0.15, 0.2) is 5.82 Å². The Hall–Kier alpha value is -2.16. The van der Waals surface area contributed by atoms with E-state index in [4.69, 9.17) is 11.6 Å². The molecular weight excluding hydrogens is 368 g/mol. The molecule has 0 unspecified atom stereocenters. The zero-order valence-corrected chi connectivity index (χ0v) is 14.7.